The van der Waals surface area contributed by atoms with Gasteiger partial charge in [-0.25, -0.2) is 13.1 Å². The summed E-state index contributed by atoms with van der Waals surface area (Å²) in [4.78, 5) is 0. The molecular weight excluding hydrogens is 268 g/mol. The van der Waals surface area contributed by atoms with E-state index in [9.17, 15) is 8.42 Å². The minimum Gasteiger partial charge on any atom is -0.314 e. The van der Waals surface area contributed by atoms with Gasteiger partial charge in [-0.15, -0.1) is 0 Å². The zero-order chi connectivity index (χ0) is 13.3. The van der Waals surface area contributed by atoms with Gasteiger partial charge in [-0.05, 0) is 57.1 Å². The van der Waals surface area contributed by atoms with Crippen LogP contribution in [0, 0.1) is 0 Å². The normalized spacial score (nSPS) is 16.1. The Hall–Kier alpha value is 0.220. The van der Waals surface area contributed by atoms with Crippen molar-refractivity contribution in [2.75, 3.05) is 30.9 Å². The van der Waals surface area contributed by atoms with E-state index in [1.807, 2.05) is 0 Å². The van der Waals surface area contributed by atoms with Crippen LogP contribution in [0.25, 0.3) is 0 Å². The third kappa shape index (κ3) is 9.19. The molecule has 0 amide bonds. The van der Waals surface area contributed by atoms with Crippen LogP contribution in [0.5, 0.6) is 0 Å². The predicted octanol–water partition coefficient (Wildman–Crippen LogP) is 1.58. The lowest BCUT2D eigenvalue weighted by Gasteiger charge is -2.06. The molecule has 108 valence electrons. The van der Waals surface area contributed by atoms with Crippen LogP contribution in [0.15, 0.2) is 0 Å². The maximum absolute atomic E-state index is 11.6. The molecule has 1 rings (SSSR count). The Bertz CT molecular complexity index is 303. The number of sulfonamides is 1. The molecule has 2 N–H and O–H groups in total. The van der Waals surface area contributed by atoms with Crippen molar-refractivity contribution in [3.63, 3.8) is 0 Å². The monoisotopic (exact) mass is 294 g/mol. The van der Waals surface area contributed by atoms with Crippen LogP contribution in [0.1, 0.15) is 38.5 Å². The van der Waals surface area contributed by atoms with Crippen LogP contribution in [-0.2, 0) is 10.0 Å². The second kappa shape index (κ2) is 9.18. The Morgan fingerprint density at radius 3 is 2.50 bits per heavy atom. The van der Waals surface area contributed by atoms with E-state index >= 15 is 0 Å². The van der Waals surface area contributed by atoms with Crippen molar-refractivity contribution in [1.82, 2.24) is 10.0 Å². The van der Waals surface area contributed by atoms with E-state index in [-0.39, 0.29) is 5.75 Å². The van der Waals surface area contributed by atoms with Gasteiger partial charge in [0.1, 0.15) is 0 Å². The van der Waals surface area contributed by atoms with Crippen LogP contribution < -0.4 is 10.0 Å². The highest BCUT2D eigenvalue weighted by Crippen LogP contribution is 2.18. The summed E-state index contributed by atoms with van der Waals surface area (Å²) < 4.78 is 25.9. The molecule has 4 nitrogen and oxygen atoms in total. The second-order valence-electron chi connectivity index (χ2n) is 4.85. The molecule has 0 radical (unpaired) electrons. The first-order valence-corrected chi connectivity index (χ1v) is 9.88. The van der Waals surface area contributed by atoms with Crippen LogP contribution in [-0.4, -0.2) is 45.3 Å². The largest absolute Gasteiger partial charge is 0.314 e. The average Bonchev–Trinajstić information content (AvgIpc) is 3.12. The Morgan fingerprint density at radius 1 is 1.11 bits per heavy atom. The van der Waals surface area contributed by atoms with Crippen molar-refractivity contribution in [2.45, 2.75) is 44.6 Å². The van der Waals surface area contributed by atoms with Gasteiger partial charge in [0.15, 0.2) is 0 Å². The highest BCUT2D eigenvalue weighted by molar-refractivity contribution is 7.98. The van der Waals surface area contributed by atoms with E-state index in [0.29, 0.717) is 6.54 Å². The number of nitrogens with one attached hydrogen (secondary N) is 2. The van der Waals surface area contributed by atoms with E-state index in [1.165, 1.54) is 12.8 Å². The molecule has 1 saturated carbocycles. The SMILES string of the molecule is CSCCCCNS(=O)(=O)CCCCNC1CC1. The van der Waals surface area contributed by atoms with Crippen LogP contribution in [0.3, 0.4) is 0 Å². The van der Waals surface area contributed by atoms with Gasteiger partial charge in [0.25, 0.3) is 0 Å². The second-order valence-corrected chi connectivity index (χ2v) is 7.76. The van der Waals surface area contributed by atoms with Gasteiger partial charge in [0.2, 0.25) is 10.0 Å². The number of unbranched alkanes of at least 4 members (excludes halogenated alkanes) is 2. The van der Waals surface area contributed by atoms with E-state index in [0.717, 1.165) is 44.0 Å². The fraction of sp³-hybridized carbons (Fsp3) is 1.00. The van der Waals surface area contributed by atoms with E-state index in [1.54, 1.807) is 11.8 Å². The molecule has 0 spiro atoms. The van der Waals surface area contributed by atoms with Gasteiger partial charge in [-0.1, -0.05) is 0 Å². The van der Waals surface area contributed by atoms with Crippen LogP contribution in [0.2, 0.25) is 0 Å². The molecule has 0 heterocycles. The molecule has 0 aromatic heterocycles. The Labute approximate surface area is 116 Å². The Kier molecular flexibility index (Phi) is 8.30. The van der Waals surface area contributed by atoms with Crippen molar-refractivity contribution in [2.24, 2.45) is 0 Å². The van der Waals surface area contributed by atoms with Gasteiger partial charge in [-0.2, -0.15) is 11.8 Å². The highest BCUT2D eigenvalue weighted by atomic mass is 32.2. The molecular formula is C12H26N2O2S2. The van der Waals surface area contributed by atoms with Crippen molar-refractivity contribution in [3.05, 3.63) is 0 Å². The van der Waals surface area contributed by atoms with Crippen LogP contribution in [0.4, 0.5) is 0 Å². The van der Waals surface area contributed by atoms with Gasteiger partial charge in [0.05, 0.1) is 5.75 Å². The van der Waals surface area contributed by atoms with E-state index in [4.69, 9.17) is 0 Å². The average molecular weight is 294 g/mol. The fourth-order valence-corrected chi connectivity index (χ4v) is 3.36. The summed E-state index contributed by atoms with van der Waals surface area (Å²) in [6.07, 6.45) is 8.35. The summed E-state index contributed by atoms with van der Waals surface area (Å²) in [7, 11) is -3.04. The molecule has 18 heavy (non-hydrogen) atoms. The smallest absolute Gasteiger partial charge is 0.211 e. The molecule has 0 atom stereocenters. The van der Waals surface area contributed by atoms with Gasteiger partial charge in [-0.3, -0.25) is 0 Å². The fourth-order valence-electron chi connectivity index (χ4n) is 1.68. The summed E-state index contributed by atoms with van der Waals surface area (Å²) in [5, 5.41) is 3.39. The van der Waals surface area contributed by atoms with E-state index in [2.05, 4.69) is 16.3 Å². The maximum Gasteiger partial charge on any atom is 0.211 e. The number of rotatable bonds is 12. The van der Waals surface area contributed by atoms with Crippen molar-refractivity contribution in [3.8, 4) is 0 Å². The first kappa shape index (κ1) is 16.3. The third-order valence-corrected chi connectivity index (χ3v) is 5.11. The summed E-state index contributed by atoms with van der Waals surface area (Å²) >= 11 is 1.80. The lowest BCUT2D eigenvalue weighted by Crippen LogP contribution is -2.28. The zero-order valence-corrected chi connectivity index (χ0v) is 12.9. The van der Waals surface area contributed by atoms with Gasteiger partial charge >= 0.3 is 0 Å². The summed E-state index contributed by atoms with van der Waals surface area (Å²) in [6, 6.07) is 0.719. The first-order chi connectivity index (χ1) is 8.64. The molecule has 1 aliphatic carbocycles. The lowest BCUT2D eigenvalue weighted by molar-refractivity contribution is 0.570. The number of hydrogen-bond donors (Lipinski definition) is 2. The van der Waals surface area contributed by atoms with Gasteiger partial charge in [0, 0.05) is 12.6 Å². The molecule has 1 aliphatic rings. The quantitative estimate of drug-likeness (QED) is 0.537. The lowest BCUT2D eigenvalue weighted by atomic mass is 10.3. The minimum atomic E-state index is -3.04. The Morgan fingerprint density at radius 2 is 1.83 bits per heavy atom. The molecule has 0 saturated heterocycles. The molecule has 0 aromatic carbocycles. The summed E-state index contributed by atoms with van der Waals surface area (Å²) in [5.41, 5.74) is 0. The minimum absolute atomic E-state index is 0.266. The molecule has 0 aliphatic heterocycles. The van der Waals surface area contributed by atoms with E-state index < -0.39 is 10.0 Å². The maximum atomic E-state index is 11.6. The molecule has 6 heteroatoms. The molecule has 0 bridgehead atoms. The summed E-state index contributed by atoms with van der Waals surface area (Å²) in [6.45, 7) is 1.54. The standard InChI is InChI=1S/C12H26N2O2S2/c1-17-10-4-2-9-14-18(15,16)11-5-3-8-13-12-6-7-12/h12-14H,2-11H2,1H3. The molecule has 1 fully saturated rings. The summed E-state index contributed by atoms with van der Waals surface area (Å²) in [5.74, 6) is 1.37. The molecule has 0 unspecified atom stereocenters. The number of hydrogen-bond acceptors (Lipinski definition) is 4. The first-order valence-electron chi connectivity index (χ1n) is 6.84. The molecule has 0 aromatic rings. The van der Waals surface area contributed by atoms with Crippen LogP contribution >= 0.6 is 11.8 Å². The van der Waals surface area contributed by atoms with Crippen molar-refractivity contribution in [1.29, 1.82) is 0 Å². The Balaban J connectivity index is 1.92. The topological polar surface area (TPSA) is 58.2 Å². The predicted molar refractivity (Wildman–Crippen MR) is 79.7 cm³/mol. The van der Waals surface area contributed by atoms with Crippen molar-refractivity contribution >= 4 is 21.8 Å². The zero-order valence-electron chi connectivity index (χ0n) is 11.3. The van der Waals surface area contributed by atoms with Gasteiger partial charge < -0.3 is 5.32 Å². The van der Waals surface area contributed by atoms with Crippen molar-refractivity contribution < 1.29 is 8.42 Å². The highest BCUT2D eigenvalue weighted by Gasteiger charge is 2.19. The number of thioether (sulfide) groups is 1. The third-order valence-electron chi connectivity index (χ3n) is 2.95.